The van der Waals surface area contributed by atoms with Crippen LogP contribution in [-0.4, -0.2) is 42.2 Å². The van der Waals surface area contributed by atoms with Crippen molar-refractivity contribution in [3.8, 4) is 11.5 Å². The largest absolute Gasteiger partial charge is 0.492 e. The Balaban J connectivity index is 1.41. The molecular weight excluding hydrogens is 445 g/mol. The number of rotatable bonds is 8. The van der Waals surface area contributed by atoms with Gasteiger partial charge < -0.3 is 14.8 Å². The summed E-state index contributed by atoms with van der Waals surface area (Å²) < 4.78 is 11.4. The molecule has 2 heterocycles. The highest BCUT2D eigenvalue weighted by atomic mass is 35.5. The molecule has 0 amide bonds. The van der Waals surface area contributed by atoms with Crippen LogP contribution in [0.3, 0.4) is 0 Å². The SMILES string of the molecule is CCOc1cc(CN2CCC(Nc3nc(Cl)cc4ccccc34)CC2)cc(OCC)c1Cl. The lowest BCUT2D eigenvalue weighted by Crippen LogP contribution is -2.38. The molecule has 4 rings (SSSR count). The fourth-order valence-electron chi connectivity index (χ4n) is 4.20. The number of hydrogen-bond acceptors (Lipinski definition) is 5. The molecule has 0 bridgehead atoms. The maximum atomic E-state index is 6.44. The summed E-state index contributed by atoms with van der Waals surface area (Å²) in [6, 6.07) is 14.5. The Labute approximate surface area is 199 Å². The van der Waals surface area contributed by atoms with Gasteiger partial charge in [0.1, 0.15) is 27.5 Å². The van der Waals surface area contributed by atoms with Crippen LogP contribution in [0.5, 0.6) is 11.5 Å². The van der Waals surface area contributed by atoms with E-state index in [1.165, 1.54) is 0 Å². The number of pyridine rings is 1. The summed E-state index contributed by atoms with van der Waals surface area (Å²) in [5.41, 5.74) is 1.15. The van der Waals surface area contributed by atoms with E-state index in [4.69, 9.17) is 32.7 Å². The summed E-state index contributed by atoms with van der Waals surface area (Å²) in [7, 11) is 0. The molecule has 170 valence electrons. The number of piperidine rings is 1. The van der Waals surface area contributed by atoms with Gasteiger partial charge in [-0.1, -0.05) is 47.5 Å². The first-order chi connectivity index (χ1) is 15.6. The van der Waals surface area contributed by atoms with Crippen LogP contribution in [0.25, 0.3) is 10.8 Å². The predicted molar refractivity (Wildman–Crippen MR) is 132 cm³/mol. The Hall–Kier alpha value is -2.21. The number of hydrogen-bond donors (Lipinski definition) is 1. The third kappa shape index (κ3) is 5.40. The average Bonchev–Trinajstić information content (AvgIpc) is 2.78. The van der Waals surface area contributed by atoms with Gasteiger partial charge in [0.25, 0.3) is 0 Å². The summed E-state index contributed by atoms with van der Waals surface area (Å²) in [5, 5.41) is 6.89. The summed E-state index contributed by atoms with van der Waals surface area (Å²) in [6.07, 6.45) is 2.07. The molecule has 1 fully saturated rings. The van der Waals surface area contributed by atoms with Crippen molar-refractivity contribution >= 4 is 39.8 Å². The molecule has 1 aromatic heterocycles. The van der Waals surface area contributed by atoms with Gasteiger partial charge in [-0.2, -0.15) is 0 Å². The van der Waals surface area contributed by atoms with Gasteiger partial charge in [0.2, 0.25) is 0 Å². The average molecular weight is 474 g/mol. The Kier molecular flexibility index (Phi) is 7.61. The summed E-state index contributed by atoms with van der Waals surface area (Å²) in [6.45, 7) is 7.87. The van der Waals surface area contributed by atoms with Gasteiger partial charge in [-0.25, -0.2) is 4.98 Å². The number of aromatic nitrogens is 1. The number of likely N-dealkylation sites (tertiary alicyclic amines) is 1. The standard InChI is InChI=1S/C25H29Cl2N3O2/c1-3-31-21-13-17(14-22(24(21)27)32-4-2)16-30-11-9-19(10-12-30)28-25-20-8-6-5-7-18(20)15-23(26)29-25/h5-8,13-15,19H,3-4,9-12,16H2,1-2H3,(H,28,29). The zero-order chi connectivity index (χ0) is 22.5. The van der Waals surface area contributed by atoms with E-state index in [0.29, 0.717) is 40.9 Å². The first-order valence-corrected chi connectivity index (χ1v) is 11.9. The number of ether oxygens (including phenoxy) is 2. The minimum atomic E-state index is 0.365. The molecule has 2 aromatic carbocycles. The second-order valence-corrected chi connectivity index (χ2v) is 8.75. The maximum absolute atomic E-state index is 6.44. The second-order valence-electron chi connectivity index (χ2n) is 7.98. The molecule has 0 spiro atoms. The molecule has 1 aliphatic rings. The van der Waals surface area contributed by atoms with Gasteiger partial charge in [0.15, 0.2) is 0 Å². The van der Waals surface area contributed by atoms with E-state index in [1.807, 2.05) is 44.2 Å². The van der Waals surface area contributed by atoms with Gasteiger partial charge in [-0.3, -0.25) is 4.90 Å². The number of halogens is 2. The number of fused-ring (bicyclic) bond motifs is 1. The molecule has 0 unspecified atom stereocenters. The van der Waals surface area contributed by atoms with Crippen molar-refractivity contribution in [2.45, 2.75) is 39.3 Å². The van der Waals surface area contributed by atoms with Crippen LogP contribution in [-0.2, 0) is 6.54 Å². The van der Waals surface area contributed by atoms with Crippen LogP contribution in [0.2, 0.25) is 10.2 Å². The lowest BCUT2D eigenvalue weighted by atomic mass is 10.0. The minimum Gasteiger partial charge on any atom is -0.492 e. The van der Waals surface area contributed by atoms with E-state index in [9.17, 15) is 0 Å². The van der Waals surface area contributed by atoms with Crippen molar-refractivity contribution in [2.24, 2.45) is 0 Å². The first kappa shape index (κ1) is 23.0. The van der Waals surface area contributed by atoms with Gasteiger partial charge in [0.05, 0.1) is 13.2 Å². The highest BCUT2D eigenvalue weighted by molar-refractivity contribution is 6.33. The van der Waals surface area contributed by atoms with Gasteiger partial charge in [-0.05, 0) is 55.8 Å². The molecule has 1 N–H and O–H groups in total. The zero-order valence-corrected chi connectivity index (χ0v) is 20.0. The van der Waals surface area contributed by atoms with Crippen LogP contribution in [0, 0.1) is 0 Å². The van der Waals surface area contributed by atoms with E-state index in [-0.39, 0.29) is 0 Å². The molecule has 0 saturated carbocycles. The van der Waals surface area contributed by atoms with Crippen LogP contribution < -0.4 is 14.8 Å². The third-order valence-electron chi connectivity index (χ3n) is 5.71. The van der Waals surface area contributed by atoms with Crippen molar-refractivity contribution in [2.75, 3.05) is 31.6 Å². The molecular formula is C25H29Cl2N3O2. The van der Waals surface area contributed by atoms with Crippen molar-refractivity contribution in [1.29, 1.82) is 0 Å². The fraction of sp³-hybridized carbons (Fsp3) is 0.400. The summed E-state index contributed by atoms with van der Waals surface area (Å²) in [5.74, 6) is 2.24. The fourth-order valence-corrected chi connectivity index (χ4v) is 4.62. The Morgan fingerprint density at radius 1 is 1.00 bits per heavy atom. The Morgan fingerprint density at radius 3 is 2.31 bits per heavy atom. The summed E-state index contributed by atoms with van der Waals surface area (Å²) >= 11 is 12.7. The van der Waals surface area contributed by atoms with E-state index in [0.717, 1.165) is 54.6 Å². The van der Waals surface area contributed by atoms with E-state index >= 15 is 0 Å². The smallest absolute Gasteiger partial charge is 0.141 e. The predicted octanol–water partition coefficient (Wildman–Crippen LogP) is 6.42. The highest BCUT2D eigenvalue weighted by Crippen LogP contribution is 2.36. The second kappa shape index (κ2) is 10.6. The third-order valence-corrected chi connectivity index (χ3v) is 6.28. The monoisotopic (exact) mass is 473 g/mol. The normalized spacial score (nSPS) is 15.1. The molecule has 0 atom stereocenters. The van der Waals surface area contributed by atoms with Crippen LogP contribution >= 0.6 is 23.2 Å². The lowest BCUT2D eigenvalue weighted by Gasteiger charge is -2.33. The van der Waals surface area contributed by atoms with Crippen molar-refractivity contribution in [1.82, 2.24) is 9.88 Å². The number of nitrogens with one attached hydrogen (secondary N) is 1. The molecule has 1 aliphatic heterocycles. The molecule has 7 heteroatoms. The number of anilines is 1. The van der Waals surface area contributed by atoms with Crippen LogP contribution in [0.4, 0.5) is 5.82 Å². The Morgan fingerprint density at radius 2 is 1.66 bits per heavy atom. The number of nitrogens with zero attached hydrogens (tertiary/aromatic N) is 2. The molecule has 0 radical (unpaired) electrons. The van der Waals surface area contributed by atoms with Gasteiger partial charge in [0, 0.05) is 31.1 Å². The van der Waals surface area contributed by atoms with Crippen LogP contribution in [0.1, 0.15) is 32.3 Å². The van der Waals surface area contributed by atoms with E-state index < -0.39 is 0 Å². The lowest BCUT2D eigenvalue weighted by molar-refractivity contribution is 0.210. The van der Waals surface area contributed by atoms with E-state index in [2.05, 4.69) is 27.3 Å². The molecule has 32 heavy (non-hydrogen) atoms. The van der Waals surface area contributed by atoms with Gasteiger partial charge in [-0.15, -0.1) is 0 Å². The van der Waals surface area contributed by atoms with Crippen molar-refractivity contribution in [3.63, 3.8) is 0 Å². The maximum Gasteiger partial charge on any atom is 0.141 e. The van der Waals surface area contributed by atoms with Crippen molar-refractivity contribution in [3.05, 3.63) is 58.2 Å². The van der Waals surface area contributed by atoms with E-state index in [1.54, 1.807) is 0 Å². The molecule has 3 aromatic rings. The zero-order valence-electron chi connectivity index (χ0n) is 18.5. The number of benzene rings is 2. The first-order valence-electron chi connectivity index (χ1n) is 11.2. The molecule has 1 saturated heterocycles. The molecule has 0 aliphatic carbocycles. The Bertz CT molecular complexity index is 1040. The quantitative estimate of drug-likeness (QED) is 0.382. The molecule has 5 nitrogen and oxygen atoms in total. The topological polar surface area (TPSA) is 46.6 Å². The highest BCUT2D eigenvalue weighted by Gasteiger charge is 2.21. The van der Waals surface area contributed by atoms with Gasteiger partial charge >= 0.3 is 0 Å². The minimum absolute atomic E-state index is 0.365. The van der Waals surface area contributed by atoms with Crippen molar-refractivity contribution < 1.29 is 9.47 Å². The van der Waals surface area contributed by atoms with Crippen LogP contribution in [0.15, 0.2) is 42.5 Å². The summed E-state index contributed by atoms with van der Waals surface area (Å²) in [4.78, 5) is 7.00.